The smallest absolute Gasteiger partial charge is 0.262 e. The van der Waals surface area contributed by atoms with Crippen LogP contribution >= 0.6 is 0 Å². The summed E-state index contributed by atoms with van der Waals surface area (Å²) in [5.74, 6) is 0.495. The summed E-state index contributed by atoms with van der Waals surface area (Å²) < 4.78 is 42.7. The quantitative estimate of drug-likeness (QED) is 0.703. The number of sulfonamides is 1. The third-order valence-electron chi connectivity index (χ3n) is 3.94. The van der Waals surface area contributed by atoms with Crippen LogP contribution in [0.3, 0.4) is 0 Å². The van der Waals surface area contributed by atoms with E-state index >= 15 is 0 Å². The van der Waals surface area contributed by atoms with E-state index in [1.54, 1.807) is 30.3 Å². The standard InChI is InChI=1S/C17H19N3O6S/c1-24-12-8-10(9-13(25-2)15(12)26-3)18-17(21)16-19-11-6-4-5-7-14(11)27(22,23)20-16/h4-9,16,19-20H,1-3H3,(H,18,21)/t16-/m0/s1. The van der Waals surface area contributed by atoms with Gasteiger partial charge in [-0.05, 0) is 12.1 Å². The fraction of sp³-hybridized carbons (Fsp3) is 0.235. The van der Waals surface area contributed by atoms with Gasteiger partial charge in [0.15, 0.2) is 17.7 Å². The van der Waals surface area contributed by atoms with E-state index < -0.39 is 22.1 Å². The monoisotopic (exact) mass is 393 g/mol. The van der Waals surface area contributed by atoms with E-state index in [4.69, 9.17) is 14.2 Å². The van der Waals surface area contributed by atoms with Gasteiger partial charge in [0.1, 0.15) is 4.90 Å². The molecule has 1 atom stereocenters. The first-order valence-corrected chi connectivity index (χ1v) is 9.36. The number of carbonyl (C=O) groups is 1. The summed E-state index contributed by atoms with van der Waals surface area (Å²) in [5.41, 5.74) is 0.704. The molecule has 0 radical (unpaired) electrons. The van der Waals surface area contributed by atoms with Gasteiger partial charge in [-0.15, -0.1) is 0 Å². The lowest BCUT2D eigenvalue weighted by molar-refractivity contribution is -0.117. The van der Waals surface area contributed by atoms with Crippen molar-refractivity contribution < 1.29 is 27.4 Å². The van der Waals surface area contributed by atoms with Crippen molar-refractivity contribution >= 4 is 27.3 Å². The van der Waals surface area contributed by atoms with Crippen molar-refractivity contribution in [1.82, 2.24) is 4.72 Å². The zero-order chi connectivity index (χ0) is 19.6. The molecule has 0 unspecified atom stereocenters. The first-order chi connectivity index (χ1) is 12.9. The minimum absolute atomic E-state index is 0.0850. The fourth-order valence-corrected chi connectivity index (χ4v) is 3.99. The third-order valence-corrected chi connectivity index (χ3v) is 5.42. The van der Waals surface area contributed by atoms with Crippen LogP contribution in [-0.2, 0) is 14.8 Å². The molecule has 0 bridgehead atoms. The van der Waals surface area contributed by atoms with Gasteiger partial charge < -0.3 is 24.8 Å². The summed E-state index contributed by atoms with van der Waals surface area (Å²) in [7, 11) is 0.571. The molecule has 9 nitrogen and oxygen atoms in total. The number of hydrogen-bond acceptors (Lipinski definition) is 7. The van der Waals surface area contributed by atoms with Gasteiger partial charge in [-0.3, -0.25) is 4.79 Å². The molecule has 27 heavy (non-hydrogen) atoms. The second kappa shape index (κ2) is 7.33. The molecule has 2 aromatic carbocycles. The Morgan fingerprint density at radius 3 is 2.26 bits per heavy atom. The number of hydrogen-bond donors (Lipinski definition) is 3. The molecule has 0 aromatic heterocycles. The lowest BCUT2D eigenvalue weighted by atomic mass is 10.2. The first kappa shape index (κ1) is 18.8. The highest BCUT2D eigenvalue weighted by Gasteiger charge is 2.33. The van der Waals surface area contributed by atoms with E-state index in [0.29, 0.717) is 28.6 Å². The molecule has 0 aliphatic carbocycles. The van der Waals surface area contributed by atoms with Gasteiger partial charge in [-0.25, -0.2) is 8.42 Å². The first-order valence-electron chi connectivity index (χ1n) is 7.88. The van der Waals surface area contributed by atoms with E-state index in [-0.39, 0.29) is 4.90 Å². The number of nitrogens with one attached hydrogen (secondary N) is 3. The van der Waals surface area contributed by atoms with Crippen molar-refractivity contribution in [3.05, 3.63) is 36.4 Å². The molecule has 0 saturated carbocycles. The Bertz CT molecular complexity index is 951. The Labute approximate surface area is 156 Å². The average Bonchev–Trinajstić information content (AvgIpc) is 2.66. The summed E-state index contributed by atoms with van der Waals surface area (Å²) in [6.45, 7) is 0. The van der Waals surface area contributed by atoms with E-state index in [9.17, 15) is 13.2 Å². The van der Waals surface area contributed by atoms with E-state index in [0.717, 1.165) is 0 Å². The Balaban J connectivity index is 1.86. The van der Waals surface area contributed by atoms with Crippen LogP contribution in [0, 0.1) is 0 Å². The van der Waals surface area contributed by atoms with Crippen molar-refractivity contribution in [2.45, 2.75) is 11.1 Å². The normalized spacial score (nSPS) is 17.2. The van der Waals surface area contributed by atoms with Crippen LogP contribution in [0.2, 0.25) is 0 Å². The van der Waals surface area contributed by atoms with Gasteiger partial charge in [0.2, 0.25) is 15.8 Å². The van der Waals surface area contributed by atoms with Crippen molar-refractivity contribution in [3.8, 4) is 17.2 Å². The SMILES string of the molecule is COc1cc(NC(=O)[C@H]2Nc3ccccc3S(=O)(=O)N2)cc(OC)c1OC. The second-order valence-electron chi connectivity index (χ2n) is 5.60. The van der Waals surface area contributed by atoms with Crippen molar-refractivity contribution in [3.63, 3.8) is 0 Å². The van der Waals surface area contributed by atoms with Gasteiger partial charge >= 0.3 is 0 Å². The van der Waals surface area contributed by atoms with Crippen molar-refractivity contribution in [2.75, 3.05) is 32.0 Å². The molecule has 0 spiro atoms. The molecule has 1 heterocycles. The predicted molar refractivity (Wildman–Crippen MR) is 98.9 cm³/mol. The second-order valence-corrected chi connectivity index (χ2v) is 7.28. The Kier molecular flexibility index (Phi) is 5.10. The molecule has 3 rings (SSSR count). The van der Waals surface area contributed by atoms with Crippen molar-refractivity contribution in [2.24, 2.45) is 0 Å². The van der Waals surface area contributed by atoms with Gasteiger partial charge in [-0.2, -0.15) is 4.72 Å². The zero-order valence-electron chi connectivity index (χ0n) is 14.9. The summed E-state index contributed by atoms with van der Waals surface area (Å²) >= 11 is 0. The van der Waals surface area contributed by atoms with E-state index in [1.165, 1.54) is 27.4 Å². The van der Waals surface area contributed by atoms with Crippen LogP contribution in [0.5, 0.6) is 17.2 Å². The highest BCUT2D eigenvalue weighted by atomic mass is 32.2. The average molecular weight is 393 g/mol. The highest BCUT2D eigenvalue weighted by molar-refractivity contribution is 7.89. The zero-order valence-corrected chi connectivity index (χ0v) is 15.7. The maximum atomic E-state index is 12.6. The Morgan fingerprint density at radius 2 is 1.67 bits per heavy atom. The number of carbonyl (C=O) groups excluding carboxylic acids is 1. The Morgan fingerprint density at radius 1 is 1.04 bits per heavy atom. The number of ether oxygens (including phenoxy) is 3. The van der Waals surface area contributed by atoms with Gasteiger partial charge in [0.05, 0.1) is 27.0 Å². The van der Waals surface area contributed by atoms with Crippen LogP contribution in [0.1, 0.15) is 0 Å². The summed E-state index contributed by atoms with van der Waals surface area (Å²) in [5, 5.41) is 5.50. The Hall–Kier alpha value is -2.98. The number of rotatable bonds is 5. The molecule has 0 saturated heterocycles. The summed E-state index contributed by atoms with van der Waals surface area (Å²) in [6.07, 6.45) is -1.18. The lowest BCUT2D eigenvalue weighted by Gasteiger charge is -2.27. The number of para-hydroxylation sites is 1. The molecule has 1 aliphatic rings. The van der Waals surface area contributed by atoms with Crippen LogP contribution in [0.4, 0.5) is 11.4 Å². The molecule has 144 valence electrons. The van der Waals surface area contributed by atoms with Crippen LogP contribution in [-0.4, -0.2) is 41.8 Å². The predicted octanol–water partition coefficient (Wildman–Crippen LogP) is 1.38. The molecule has 2 aromatic rings. The highest BCUT2D eigenvalue weighted by Crippen LogP contribution is 2.40. The fourth-order valence-electron chi connectivity index (χ4n) is 2.71. The largest absolute Gasteiger partial charge is 0.493 e. The van der Waals surface area contributed by atoms with Crippen LogP contribution < -0.4 is 29.6 Å². The van der Waals surface area contributed by atoms with Crippen LogP contribution in [0.15, 0.2) is 41.3 Å². The summed E-state index contributed by atoms with van der Waals surface area (Å²) in [6, 6.07) is 9.43. The van der Waals surface area contributed by atoms with Crippen LogP contribution in [0.25, 0.3) is 0 Å². The molecule has 3 N–H and O–H groups in total. The summed E-state index contributed by atoms with van der Waals surface area (Å²) in [4.78, 5) is 12.7. The van der Waals surface area contributed by atoms with Gasteiger partial charge in [0, 0.05) is 17.8 Å². The molecular weight excluding hydrogens is 374 g/mol. The maximum Gasteiger partial charge on any atom is 0.262 e. The number of benzene rings is 2. The third kappa shape index (κ3) is 3.62. The van der Waals surface area contributed by atoms with E-state index in [1.807, 2.05) is 0 Å². The minimum atomic E-state index is -3.81. The molecular formula is C17H19N3O6S. The maximum absolute atomic E-state index is 12.6. The van der Waals surface area contributed by atoms with Gasteiger partial charge in [-0.1, -0.05) is 12.1 Å². The molecule has 10 heteroatoms. The topological polar surface area (TPSA) is 115 Å². The number of amides is 1. The number of methoxy groups -OCH3 is 3. The number of anilines is 2. The minimum Gasteiger partial charge on any atom is -0.493 e. The lowest BCUT2D eigenvalue weighted by Crippen LogP contribution is -2.51. The number of fused-ring (bicyclic) bond motifs is 1. The molecule has 1 amide bonds. The molecule has 1 aliphatic heterocycles. The van der Waals surface area contributed by atoms with Crippen molar-refractivity contribution in [1.29, 1.82) is 0 Å². The van der Waals surface area contributed by atoms with E-state index in [2.05, 4.69) is 15.4 Å². The van der Waals surface area contributed by atoms with Gasteiger partial charge in [0.25, 0.3) is 5.91 Å². The molecule has 0 fully saturated rings.